The predicted octanol–water partition coefficient (Wildman–Crippen LogP) is -1.33. The Morgan fingerprint density at radius 2 is 2.00 bits per heavy atom. The fourth-order valence-electron chi connectivity index (χ4n) is 0.829. The van der Waals surface area contributed by atoms with Crippen LogP contribution in [0.3, 0.4) is 0 Å². The van der Waals surface area contributed by atoms with Crippen molar-refractivity contribution in [2.75, 3.05) is 12.3 Å². The van der Waals surface area contributed by atoms with E-state index >= 15 is 0 Å². The Balaban J connectivity index is 4.18. The van der Waals surface area contributed by atoms with E-state index in [1.165, 1.54) is 6.92 Å². The number of amides is 3. The smallest absolute Gasteiger partial charge is 0.238 e. The van der Waals surface area contributed by atoms with Crippen molar-refractivity contribution in [3.05, 3.63) is 0 Å². The molecule has 0 aliphatic carbocycles. The highest BCUT2D eigenvalue weighted by Crippen LogP contribution is 1.95. The molecule has 0 bridgehead atoms. The van der Waals surface area contributed by atoms with Crippen molar-refractivity contribution in [2.45, 2.75) is 13.3 Å². The molecular weight excluding hydrogens is 206 g/mol. The predicted molar refractivity (Wildman–Crippen MR) is 53.2 cm³/mol. The van der Waals surface area contributed by atoms with E-state index in [1.54, 1.807) is 0 Å². The monoisotopic (exact) mass is 219 g/mol. The molecule has 6 nitrogen and oxygen atoms in total. The molecule has 3 amide bonds. The van der Waals surface area contributed by atoms with Gasteiger partial charge < -0.3 is 0 Å². The van der Waals surface area contributed by atoms with Gasteiger partial charge in [-0.1, -0.05) is 0 Å². The van der Waals surface area contributed by atoms with Crippen LogP contribution >= 0.6 is 12.6 Å². The van der Waals surface area contributed by atoms with E-state index in [1.807, 2.05) is 5.43 Å². The number of nitrogens with zero attached hydrogens (tertiary/aromatic N) is 1. The summed E-state index contributed by atoms with van der Waals surface area (Å²) >= 11 is 3.75. The number of hydrazine groups is 1. The fraction of sp³-hybridized carbons (Fsp3) is 0.571. The van der Waals surface area contributed by atoms with Gasteiger partial charge in [-0.15, -0.1) is 0 Å². The zero-order valence-corrected chi connectivity index (χ0v) is 8.71. The van der Waals surface area contributed by atoms with Gasteiger partial charge >= 0.3 is 0 Å². The zero-order chi connectivity index (χ0) is 11.1. The third kappa shape index (κ3) is 4.24. The summed E-state index contributed by atoms with van der Waals surface area (Å²) in [5.41, 5.74) is 1.91. The molecule has 0 rings (SSSR count). The second-order valence-electron chi connectivity index (χ2n) is 2.54. The highest BCUT2D eigenvalue weighted by atomic mass is 32.1. The highest BCUT2D eigenvalue weighted by molar-refractivity contribution is 7.81. The molecule has 0 heterocycles. The van der Waals surface area contributed by atoms with Crippen LogP contribution in [-0.4, -0.2) is 34.9 Å². The molecule has 0 radical (unpaired) electrons. The number of nitrogens with one attached hydrogen (secondary N) is 1. The molecule has 0 fully saturated rings. The maximum absolute atomic E-state index is 11.1. The average molecular weight is 219 g/mol. The summed E-state index contributed by atoms with van der Waals surface area (Å²) in [6.07, 6.45) is -0.00437. The molecule has 0 unspecified atom stereocenters. The van der Waals surface area contributed by atoms with Crippen molar-refractivity contribution >= 4 is 30.4 Å². The van der Waals surface area contributed by atoms with Crippen LogP contribution in [-0.2, 0) is 14.4 Å². The largest absolute Gasteiger partial charge is 0.294 e. The molecule has 80 valence electrons. The number of hydrogen-bond donors (Lipinski definition) is 3. The SMILES string of the molecule is CC(=O)N(CCC(=O)NN)C(=O)CS. The molecule has 14 heavy (non-hydrogen) atoms. The van der Waals surface area contributed by atoms with Gasteiger partial charge in [0.2, 0.25) is 17.7 Å². The summed E-state index contributed by atoms with van der Waals surface area (Å²) in [7, 11) is 0. The van der Waals surface area contributed by atoms with Gasteiger partial charge in [0.1, 0.15) is 0 Å². The normalized spacial score (nSPS) is 9.36. The van der Waals surface area contributed by atoms with Crippen molar-refractivity contribution in [3.8, 4) is 0 Å². The number of carbonyl (C=O) groups excluding carboxylic acids is 3. The molecule has 0 aliphatic heterocycles. The van der Waals surface area contributed by atoms with E-state index < -0.39 is 17.7 Å². The van der Waals surface area contributed by atoms with Crippen molar-refractivity contribution in [3.63, 3.8) is 0 Å². The summed E-state index contributed by atoms with van der Waals surface area (Å²) < 4.78 is 0. The Kier molecular flexibility index (Phi) is 5.89. The van der Waals surface area contributed by atoms with E-state index in [2.05, 4.69) is 12.6 Å². The standard InChI is InChI=1S/C7H13N3O3S/c1-5(11)10(7(13)4-14)3-2-6(12)9-8/h14H,2-4,8H2,1H3,(H,9,12). The van der Waals surface area contributed by atoms with Gasteiger partial charge in [0.25, 0.3) is 0 Å². The molecule has 0 saturated carbocycles. The van der Waals surface area contributed by atoms with Crippen LogP contribution in [0.5, 0.6) is 0 Å². The van der Waals surface area contributed by atoms with Crippen molar-refractivity contribution in [2.24, 2.45) is 5.84 Å². The first-order valence-electron chi connectivity index (χ1n) is 3.94. The lowest BCUT2D eigenvalue weighted by molar-refractivity contribution is -0.142. The van der Waals surface area contributed by atoms with Crippen molar-refractivity contribution in [1.29, 1.82) is 0 Å². The Morgan fingerprint density at radius 3 is 2.36 bits per heavy atom. The van der Waals surface area contributed by atoms with Crippen LogP contribution in [0.25, 0.3) is 0 Å². The lowest BCUT2D eigenvalue weighted by atomic mass is 10.3. The van der Waals surface area contributed by atoms with Crippen LogP contribution in [0, 0.1) is 0 Å². The number of thiol groups is 1. The lowest BCUT2D eigenvalue weighted by Crippen LogP contribution is -2.40. The summed E-state index contributed by atoms with van der Waals surface area (Å²) in [5, 5.41) is 0. The van der Waals surface area contributed by atoms with Gasteiger partial charge in [-0.3, -0.25) is 24.7 Å². The molecule has 0 aromatic heterocycles. The molecule has 3 N–H and O–H groups in total. The summed E-state index contributed by atoms with van der Waals surface area (Å²) in [5.74, 6) is 3.51. The third-order valence-electron chi connectivity index (χ3n) is 1.54. The van der Waals surface area contributed by atoms with Gasteiger partial charge in [-0.05, 0) is 0 Å². The molecule has 0 spiro atoms. The van der Waals surface area contributed by atoms with Gasteiger partial charge in [-0.2, -0.15) is 12.6 Å². The average Bonchev–Trinajstić information content (AvgIpc) is 2.16. The summed E-state index contributed by atoms with van der Waals surface area (Å²) in [6, 6.07) is 0. The molecular formula is C7H13N3O3S. The minimum atomic E-state index is -0.428. The van der Waals surface area contributed by atoms with Gasteiger partial charge in [-0.25, -0.2) is 5.84 Å². The van der Waals surface area contributed by atoms with Crippen LogP contribution in [0.1, 0.15) is 13.3 Å². The zero-order valence-electron chi connectivity index (χ0n) is 7.82. The van der Waals surface area contributed by atoms with Crippen LogP contribution in [0.2, 0.25) is 0 Å². The summed E-state index contributed by atoms with van der Waals surface area (Å²) in [4.78, 5) is 33.8. The topological polar surface area (TPSA) is 92.5 Å². The summed E-state index contributed by atoms with van der Waals surface area (Å²) in [6.45, 7) is 1.28. The van der Waals surface area contributed by atoms with Crippen molar-refractivity contribution in [1.82, 2.24) is 10.3 Å². The number of rotatable bonds is 4. The van der Waals surface area contributed by atoms with E-state index in [0.717, 1.165) is 4.90 Å². The fourth-order valence-corrected chi connectivity index (χ4v) is 0.999. The molecule has 0 atom stereocenters. The van der Waals surface area contributed by atoms with Gasteiger partial charge in [0, 0.05) is 19.9 Å². The number of nitrogens with two attached hydrogens (primary N) is 1. The van der Waals surface area contributed by atoms with Crippen LogP contribution < -0.4 is 11.3 Å². The third-order valence-corrected chi connectivity index (χ3v) is 1.81. The van der Waals surface area contributed by atoms with Crippen LogP contribution in [0.4, 0.5) is 0 Å². The maximum atomic E-state index is 11.1. The lowest BCUT2D eigenvalue weighted by Gasteiger charge is -2.17. The second-order valence-corrected chi connectivity index (χ2v) is 2.86. The Bertz CT molecular complexity index is 244. The van der Waals surface area contributed by atoms with Gasteiger partial charge in [0.15, 0.2) is 0 Å². The maximum Gasteiger partial charge on any atom is 0.238 e. The molecule has 0 saturated heterocycles. The molecule has 0 aromatic rings. The Labute approximate surface area is 87.2 Å². The minimum Gasteiger partial charge on any atom is -0.294 e. The van der Waals surface area contributed by atoms with Gasteiger partial charge in [0.05, 0.1) is 5.75 Å². The van der Waals surface area contributed by atoms with Crippen LogP contribution in [0.15, 0.2) is 0 Å². The highest BCUT2D eigenvalue weighted by Gasteiger charge is 2.16. The Hall–Kier alpha value is -1.08. The number of carbonyl (C=O) groups is 3. The van der Waals surface area contributed by atoms with E-state index in [-0.39, 0.29) is 18.7 Å². The van der Waals surface area contributed by atoms with E-state index in [4.69, 9.17) is 5.84 Å². The molecule has 0 aromatic carbocycles. The number of hydrogen-bond acceptors (Lipinski definition) is 5. The Morgan fingerprint density at radius 1 is 1.43 bits per heavy atom. The second kappa shape index (κ2) is 6.39. The van der Waals surface area contributed by atoms with Crippen molar-refractivity contribution < 1.29 is 14.4 Å². The first-order chi connectivity index (χ1) is 6.52. The first-order valence-corrected chi connectivity index (χ1v) is 4.57. The van der Waals surface area contributed by atoms with E-state index in [9.17, 15) is 14.4 Å². The molecule has 7 heteroatoms. The molecule has 0 aliphatic rings. The van der Waals surface area contributed by atoms with E-state index in [0.29, 0.717) is 0 Å². The minimum absolute atomic E-state index is 0.00437. The first kappa shape index (κ1) is 12.9. The quantitative estimate of drug-likeness (QED) is 0.236. The number of imide groups is 1.